The van der Waals surface area contributed by atoms with Gasteiger partial charge < -0.3 is 109 Å². The summed E-state index contributed by atoms with van der Waals surface area (Å²) in [4.78, 5) is 13.3. The molecular formula is C53H84O23. The van der Waals surface area contributed by atoms with Crippen LogP contribution in [-0.2, 0) is 47.4 Å². The van der Waals surface area contributed by atoms with Crippen LogP contribution in [0.1, 0.15) is 99.8 Å². The second kappa shape index (κ2) is 20.4. The molecule has 5 heterocycles. The maximum atomic E-state index is 13.3. The Morgan fingerprint density at radius 1 is 0.618 bits per heavy atom. The van der Waals surface area contributed by atoms with Crippen LogP contribution in [0.15, 0.2) is 11.6 Å². The highest BCUT2D eigenvalue weighted by Gasteiger charge is 2.74. The van der Waals surface area contributed by atoms with E-state index in [1.807, 2.05) is 6.92 Å². The molecule has 434 valence electrons. The van der Waals surface area contributed by atoms with Crippen molar-refractivity contribution in [3.05, 3.63) is 11.6 Å². The third-order valence-corrected chi connectivity index (χ3v) is 21.7. The van der Waals surface area contributed by atoms with Crippen molar-refractivity contribution in [2.75, 3.05) is 26.4 Å². The number of hydrogen-bond acceptors (Lipinski definition) is 23. The van der Waals surface area contributed by atoms with Crippen molar-refractivity contribution in [3.63, 3.8) is 0 Å². The Labute approximate surface area is 441 Å². The van der Waals surface area contributed by atoms with Crippen LogP contribution in [0.3, 0.4) is 0 Å². The van der Waals surface area contributed by atoms with E-state index in [0.29, 0.717) is 32.1 Å². The van der Waals surface area contributed by atoms with Crippen LogP contribution in [0.2, 0.25) is 0 Å². The summed E-state index contributed by atoms with van der Waals surface area (Å²) in [5.41, 5.74) is -2.02. The number of esters is 1. The minimum Gasteiger partial charge on any atom is -0.461 e. The lowest BCUT2D eigenvalue weighted by molar-refractivity contribution is -0.394. The molecule has 0 aromatic heterocycles. The number of ether oxygens (including phenoxy) is 9. The summed E-state index contributed by atoms with van der Waals surface area (Å²) in [5, 5.41) is 142. The Kier molecular flexibility index (Phi) is 15.4. The van der Waals surface area contributed by atoms with E-state index in [1.54, 1.807) is 0 Å². The van der Waals surface area contributed by atoms with Crippen LogP contribution < -0.4 is 0 Å². The van der Waals surface area contributed by atoms with E-state index in [0.717, 1.165) is 19.3 Å². The summed E-state index contributed by atoms with van der Waals surface area (Å²) in [6.45, 7) is 12.3. The highest BCUT2D eigenvalue weighted by molar-refractivity contribution is 5.79. The predicted octanol–water partition coefficient (Wildman–Crippen LogP) is -2.41. The monoisotopic (exact) mass is 1090 g/mol. The first kappa shape index (κ1) is 57.6. The summed E-state index contributed by atoms with van der Waals surface area (Å²) in [5.74, 6) is -0.264. The third-order valence-electron chi connectivity index (χ3n) is 21.7. The fraction of sp³-hybridized carbons (Fsp3) is 0.943. The van der Waals surface area contributed by atoms with Gasteiger partial charge >= 0.3 is 5.97 Å². The van der Waals surface area contributed by atoms with Crippen LogP contribution in [0.4, 0.5) is 0 Å². The van der Waals surface area contributed by atoms with Gasteiger partial charge in [0.1, 0.15) is 91.6 Å². The van der Waals surface area contributed by atoms with E-state index in [9.17, 15) is 71.2 Å². The lowest BCUT2D eigenvalue weighted by Crippen LogP contribution is -2.69. The summed E-state index contributed by atoms with van der Waals surface area (Å²) in [6, 6.07) is 0. The average molecular weight is 1090 g/mol. The molecule has 0 amide bonds. The van der Waals surface area contributed by atoms with E-state index >= 15 is 0 Å². The molecule has 0 radical (unpaired) electrons. The van der Waals surface area contributed by atoms with Crippen LogP contribution in [-0.4, -0.2) is 234 Å². The summed E-state index contributed by atoms with van der Waals surface area (Å²) in [7, 11) is 0. The smallest absolute Gasteiger partial charge is 0.312 e. The summed E-state index contributed by atoms with van der Waals surface area (Å²) < 4.78 is 54.9. The van der Waals surface area contributed by atoms with E-state index in [2.05, 4.69) is 40.7 Å². The van der Waals surface area contributed by atoms with Crippen molar-refractivity contribution < 1.29 is 114 Å². The van der Waals surface area contributed by atoms with Gasteiger partial charge in [-0.1, -0.05) is 46.3 Å². The summed E-state index contributed by atoms with van der Waals surface area (Å²) >= 11 is 0. The van der Waals surface area contributed by atoms with Crippen LogP contribution >= 0.6 is 0 Å². The fourth-order valence-electron chi connectivity index (χ4n) is 16.9. The molecular weight excluding hydrogens is 1000 g/mol. The number of allylic oxidation sites excluding steroid dienone is 2. The standard InChI is InChI=1S/C53H84O23/c1-21-32(58)36(62)39(65)43(69-21)76-42-38(64)34(60)25(18-55)71-46(42)72-26-19-68-45(41(35(26)61)75-44-40(66)37(63)33(59)24(17-54)70-44)73-30-11-12-50(5)27(48(30,2)3)10-13-51(6)28(50)9-8-22-23-14-49(4)16-31(74-47(49)67)53(23,20-56)29(57)15-52(22,51)7/h8,21,23-46,54-66H,9-20H2,1-7H3/t21-,23?,24+,25+,26-,27?,28?,29+,30-,31+,32-,33+,34+,35-,36+,37-,38-,39+,40+,41+,42+,43-,44-,45-,46-,49+,50-,51+,52+,53-/m0/s1. The lowest BCUT2D eigenvalue weighted by Gasteiger charge is -2.72. The number of fused-ring (bicyclic) bond motifs is 10. The van der Waals surface area contributed by atoms with Crippen molar-refractivity contribution in [2.24, 2.45) is 50.2 Å². The fourth-order valence-corrected chi connectivity index (χ4v) is 16.9. The summed E-state index contributed by atoms with van der Waals surface area (Å²) in [6.07, 6.45) is -26.0. The van der Waals surface area contributed by atoms with Gasteiger partial charge in [0.05, 0.1) is 55.6 Å². The Morgan fingerprint density at radius 2 is 1.22 bits per heavy atom. The number of carbonyl (C=O) groups is 1. The topological polar surface area (TPSA) is 363 Å². The number of hydrogen-bond donors (Lipinski definition) is 13. The molecule has 13 N–H and O–H groups in total. The zero-order valence-corrected chi connectivity index (χ0v) is 44.4. The highest BCUT2D eigenvalue weighted by atomic mass is 16.8. The molecule has 0 aromatic rings. The number of rotatable bonds is 11. The third kappa shape index (κ3) is 8.57. The normalized spacial score (nSPS) is 56.8. The molecule has 30 atom stereocenters. The molecule has 3 unspecified atom stereocenters. The second-order valence-corrected chi connectivity index (χ2v) is 25.8. The quantitative estimate of drug-likeness (QED) is 0.0582. The molecule has 23 heteroatoms. The molecule has 0 aromatic carbocycles. The second-order valence-electron chi connectivity index (χ2n) is 25.8. The van der Waals surface area contributed by atoms with Crippen molar-refractivity contribution in [3.8, 4) is 0 Å². The predicted molar refractivity (Wildman–Crippen MR) is 256 cm³/mol. The van der Waals surface area contributed by atoms with E-state index < -0.39 is 177 Å². The molecule has 10 aliphatic rings. The molecule has 76 heavy (non-hydrogen) atoms. The molecule has 0 spiro atoms. The zero-order valence-electron chi connectivity index (χ0n) is 44.4. The molecule has 23 nitrogen and oxygen atoms in total. The van der Waals surface area contributed by atoms with Crippen molar-refractivity contribution in [2.45, 2.75) is 235 Å². The van der Waals surface area contributed by atoms with Crippen LogP contribution in [0.5, 0.6) is 0 Å². The lowest BCUT2D eigenvalue weighted by atomic mass is 9.33. The minimum atomic E-state index is -1.90. The first-order valence-corrected chi connectivity index (χ1v) is 27.4. The Hall–Kier alpha value is -1.63. The highest BCUT2D eigenvalue weighted by Crippen LogP contribution is 2.76. The molecule has 5 saturated heterocycles. The largest absolute Gasteiger partial charge is 0.461 e. The van der Waals surface area contributed by atoms with Gasteiger partial charge in [0.15, 0.2) is 25.2 Å². The van der Waals surface area contributed by atoms with Crippen molar-refractivity contribution in [1.82, 2.24) is 0 Å². The first-order valence-electron chi connectivity index (χ1n) is 27.4. The van der Waals surface area contributed by atoms with E-state index in [-0.39, 0.29) is 41.2 Å². The van der Waals surface area contributed by atoms with Gasteiger partial charge in [-0.05, 0) is 98.2 Å². The molecule has 5 aliphatic heterocycles. The molecule has 9 fully saturated rings. The Bertz CT molecular complexity index is 2150. The maximum Gasteiger partial charge on any atom is 0.312 e. The van der Waals surface area contributed by atoms with Gasteiger partial charge in [0, 0.05) is 6.42 Å². The Morgan fingerprint density at radius 3 is 1.87 bits per heavy atom. The number of carbonyl (C=O) groups excluding carboxylic acids is 1. The first-order chi connectivity index (χ1) is 35.7. The van der Waals surface area contributed by atoms with Gasteiger partial charge in [-0.25, -0.2) is 0 Å². The van der Waals surface area contributed by atoms with Gasteiger partial charge in [-0.2, -0.15) is 0 Å². The molecule has 2 bridgehead atoms. The zero-order chi connectivity index (χ0) is 55.1. The van der Waals surface area contributed by atoms with Gasteiger partial charge in [0.2, 0.25) is 0 Å². The van der Waals surface area contributed by atoms with Gasteiger partial charge in [0.25, 0.3) is 0 Å². The number of aliphatic hydroxyl groups excluding tert-OH is 13. The molecule has 10 rings (SSSR count). The van der Waals surface area contributed by atoms with Crippen molar-refractivity contribution in [1.29, 1.82) is 0 Å². The SMILES string of the molecule is C[C@@H]1O[C@@H](O[C@H]2[C@H](O[C@H]3CO[C@@H](O[C@H]4CC[C@@]5(C)C(CC[C@]6(C)C5CC=C5C7C[C@]8(C)C[C@@H](OC8=O)[C@]7(CO)[C@H](O)C[C@]56C)C4(C)C)[C@H](O[C@@H]4O[C@H](CO)[C@@H](O)[C@H](O)[C@H]4O)[C@H]3O)O[C@H](CO)[C@@H](O)[C@@H]2O)[C@H](O)[C@H](O)[C@H]1O. The maximum absolute atomic E-state index is 13.3. The average Bonchev–Trinajstić information content (AvgIpc) is 3.63. The number of aliphatic hydroxyl groups is 13. The Balaban J connectivity index is 0.908. The molecule has 5 aliphatic carbocycles. The van der Waals surface area contributed by atoms with Crippen LogP contribution in [0, 0.1) is 50.2 Å². The molecule has 4 saturated carbocycles. The minimum absolute atomic E-state index is 0.0750. The van der Waals surface area contributed by atoms with Crippen LogP contribution in [0.25, 0.3) is 0 Å². The van der Waals surface area contributed by atoms with E-state index in [4.69, 9.17) is 42.6 Å². The van der Waals surface area contributed by atoms with Gasteiger partial charge in [-0.15, -0.1) is 0 Å². The van der Waals surface area contributed by atoms with Crippen molar-refractivity contribution >= 4 is 5.97 Å². The van der Waals surface area contributed by atoms with Gasteiger partial charge in [-0.3, -0.25) is 4.79 Å². The van der Waals surface area contributed by atoms with E-state index in [1.165, 1.54) is 12.5 Å².